The molecule has 1 aliphatic carbocycles. The SMILES string of the molecule is CCCCC1C(C(O)CCCCCC(=O)OC)C(=O)C(O[SiH](C)C)C1C(C)(C)C. The summed E-state index contributed by atoms with van der Waals surface area (Å²) in [6.07, 6.45) is 5.55. The fraction of sp³-hybridized carbons (Fsp3) is 0.913. The van der Waals surface area contributed by atoms with Gasteiger partial charge in [0.15, 0.2) is 14.8 Å². The Kier molecular flexibility index (Phi) is 11.1. The average Bonchev–Trinajstić information content (AvgIpc) is 2.90. The Bertz CT molecular complexity index is 514. The number of unbranched alkanes of at least 4 members (excludes halogenated alkanes) is 3. The quantitative estimate of drug-likeness (QED) is 0.281. The molecule has 29 heavy (non-hydrogen) atoms. The molecule has 0 saturated heterocycles. The van der Waals surface area contributed by atoms with Crippen LogP contribution >= 0.6 is 0 Å². The fourth-order valence-electron chi connectivity index (χ4n) is 4.92. The smallest absolute Gasteiger partial charge is 0.305 e. The standard InChI is InChI=1S/C23H44O5Si/c1-8-9-13-16-19(17(24)14-11-10-12-15-18(25)27-5)21(26)22(28-29(6)7)20(16)23(2,3)4/h16-17,19-20,22,24,29H,8-15H2,1-7H3. The first-order chi connectivity index (χ1) is 13.5. The first kappa shape index (κ1) is 26.3. The summed E-state index contributed by atoms with van der Waals surface area (Å²) in [6, 6.07) is 0. The lowest BCUT2D eigenvalue weighted by Gasteiger charge is -2.37. The number of methoxy groups -OCH3 is 1. The summed E-state index contributed by atoms with van der Waals surface area (Å²) in [4.78, 5) is 24.6. The lowest BCUT2D eigenvalue weighted by atomic mass is 9.70. The lowest BCUT2D eigenvalue weighted by Crippen LogP contribution is -2.38. The van der Waals surface area contributed by atoms with Crippen molar-refractivity contribution in [3.8, 4) is 0 Å². The Morgan fingerprint density at radius 3 is 2.34 bits per heavy atom. The number of aliphatic hydroxyl groups is 1. The highest BCUT2D eigenvalue weighted by molar-refractivity contribution is 6.48. The summed E-state index contributed by atoms with van der Waals surface area (Å²) in [5.41, 5.74) is -0.0446. The Balaban J connectivity index is 2.89. The molecule has 0 aromatic heterocycles. The number of ether oxygens (including phenoxy) is 1. The first-order valence-electron chi connectivity index (χ1n) is 11.5. The van der Waals surface area contributed by atoms with Crippen molar-refractivity contribution in [1.29, 1.82) is 0 Å². The molecule has 1 aliphatic rings. The van der Waals surface area contributed by atoms with Gasteiger partial charge in [0.1, 0.15) is 6.10 Å². The number of rotatable bonds is 12. The molecule has 170 valence electrons. The van der Waals surface area contributed by atoms with Gasteiger partial charge in [-0.25, -0.2) is 0 Å². The molecule has 1 rings (SSSR count). The Labute approximate surface area is 179 Å². The summed E-state index contributed by atoms with van der Waals surface area (Å²) < 4.78 is 10.9. The van der Waals surface area contributed by atoms with Crippen molar-refractivity contribution in [3.63, 3.8) is 0 Å². The van der Waals surface area contributed by atoms with Gasteiger partial charge in [-0.1, -0.05) is 53.4 Å². The summed E-state index contributed by atoms with van der Waals surface area (Å²) >= 11 is 0. The van der Waals surface area contributed by atoms with Gasteiger partial charge in [-0.15, -0.1) is 0 Å². The maximum Gasteiger partial charge on any atom is 0.305 e. The molecule has 0 amide bonds. The highest BCUT2D eigenvalue weighted by Crippen LogP contribution is 2.50. The molecule has 1 saturated carbocycles. The van der Waals surface area contributed by atoms with E-state index in [0.717, 1.165) is 38.5 Å². The molecule has 0 aromatic rings. The summed E-state index contributed by atoms with van der Waals surface area (Å²) in [5, 5.41) is 11.0. The minimum Gasteiger partial charge on any atom is -0.469 e. The lowest BCUT2D eigenvalue weighted by molar-refractivity contribution is -0.140. The van der Waals surface area contributed by atoms with Crippen molar-refractivity contribution in [2.75, 3.05) is 7.11 Å². The molecule has 0 aliphatic heterocycles. The number of hydrogen-bond acceptors (Lipinski definition) is 5. The van der Waals surface area contributed by atoms with Crippen LogP contribution in [0.4, 0.5) is 0 Å². The van der Waals surface area contributed by atoms with E-state index >= 15 is 0 Å². The third-order valence-corrected chi connectivity index (χ3v) is 7.03. The number of Topliss-reactive ketones (excluding diaryl/α,β-unsaturated/α-hetero) is 1. The Morgan fingerprint density at radius 1 is 1.17 bits per heavy atom. The first-order valence-corrected chi connectivity index (χ1v) is 14.3. The third kappa shape index (κ3) is 7.80. The predicted octanol–water partition coefficient (Wildman–Crippen LogP) is 4.51. The highest BCUT2D eigenvalue weighted by Gasteiger charge is 2.55. The van der Waals surface area contributed by atoms with Crippen LogP contribution in [0, 0.1) is 23.2 Å². The van der Waals surface area contributed by atoms with Crippen LogP contribution in [-0.4, -0.2) is 45.2 Å². The molecule has 5 unspecified atom stereocenters. The summed E-state index contributed by atoms with van der Waals surface area (Å²) in [6.45, 7) is 13.0. The van der Waals surface area contributed by atoms with E-state index in [0.29, 0.717) is 12.8 Å². The van der Waals surface area contributed by atoms with E-state index in [1.807, 2.05) is 0 Å². The van der Waals surface area contributed by atoms with Gasteiger partial charge >= 0.3 is 5.97 Å². The van der Waals surface area contributed by atoms with Crippen molar-refractivity contribution in [1.82, 2.24) is 0 Å². The predicted molar refractivity (Wildman–Crippen MR) is 119 cm³/mol. The van der Waals surface area contributed by atoms with E-state index < -0.39 is 15.1 Å². The minimum absolute atomic E-state index is 0.0446. The van der Waals surface area contributed by atoms with Crippen molar-refractivity contribution < 1.29 is 23.9 Å². The third-order valence-electron chi connectivity index (χ3n) is 6.19. The summed E-state index contributed by atoms with van der Waals surface area (Å²) in [5.74, 6) is -0.0823. The summed E-state index contributed by atoms with van der Waals surface area (Å²) in [7, 11) is 0.0246. The molecular formula is C23H44O5Si. The molecule has 0 radical (unpaired) electrons. The Hall–Kier alpha value is -0.723. The minimum atomic E-state index is -1.38. The van der Waals surface area contributed by atoms with Gasteiger partial charge in [0.05, 0.1) is 13.2 Å². The number of carbonyl (C=O) groups is 2. The van der Waals surface area contributed by atoms with Gasteiger partial charge in [-0.2, -0.15) is 0 Å². The second-order valence-electron chi connectivity index (χ2n) is 9.97. The molecule has 5 atom stereocenters. The van der Waals surface area contributed by atoms with Crippen molar-refractivity contribution in [2.24, 2.45) is 23.2 Å². The van der Waals surface area contributed by atoms with Crippen LogP contribution < -0.4 is 0 Å². The van der Waals surface area contributed by atoms with E-state index in [2.05, 4.69) is 45.5 Å². The van der Waals surface area contributed by atoms with Crippen LogP contribution in [-0.2, 0) is 18.8 Å². The molecule has 1 N–H and O–H groups in total. The molecule has 6 heteroatoms. The van der Waals surface area contributed by atoms with Crippen LogP contribution in [0.15, 0.2) is 0 Å². The maximum atomic E-state index is 13.4. The molecule has 0 aromatic carbocycles. The fourth-order valence-corrected chi connectivity index (χ4v) is 5.81. The van der Waals surface area contributed by atoms with Crippen LogP contribution in [0.5, 0.6) is 0 Å². The van der Waals surface area contributed by atoms with Gasteiger partial charge in [0.2, 0.25) is 0 Å². The van der Waals surface area contributed by atoms with Crippen LogP contribution in [0.2, 0.25) is 13.1 Å². The van der Waals surface area contributed by atoms with Gasteiger partial charge in [0.25, 0.3) is 0 Å². The van der Waals surface area contributed by atoms with E-state index in [4.69, 9.17) is 4.43 Å². The molecule has 0 bridgehead atoms. The van der Waals surface area contributed by atoms with Gasteiger partial charge in [0, 0.05) is 12.3 Å². The van der Waals surface area contributed by atoms with Crippen molar-refractivity contribution in [3.05, 3.63) is 0 Å². The number of hydrogen-bond donors (Lipinski definition) is 1. The normalized spacial score (nSPS) is 26.2. The second-order valence-corrected chi connectivity index (χ2v) is 12.3. The molecule has 5 nitrogen and oxygen atoms in total. The second kappa shape index (κ2) is 12.2. The van der Waals surface area contributed by atoms with E-state index in [9.17, 15) is 14.7 Å². The van der Waals surface area contributed by atoms with Crippen LogP contribution in [0.3, 0.4) is 0 Å². The van der Waals surface area contributed by atoms with E-state index in [-0.39, 0.29) is 41.0 Å². The molecule has 1 fully saturated rings. The number of ketones is 1. The molecule has 0 spiro atoms. The number of carbonyl (C=O) groups excluding carboxylic acids is 2. The van der Waals surface area contributed by atoms with Crippen molar-refractivity contribution >= 4 is 20.8 Å². The monoisotopic (exact) mass is 428 g/mol. The van der Waals surface area contributed by atoms with Crippen LogP contribution in [0.25, 0.3) is 0 Å². The maximum absolute atomic E-state index is 13.4. The van der Waals surface area contributed by atoms with Gasteiger partial charge in [-0.05, 0) is 49.6 Å². The van der Waals surface area contributed by atoms with E-state index in [1.165, 1.54) is 7.11 Å². The zero-order chi connectivity index (χ0) is 22.2. The molecule has 0 heterocycles. The average molecular weight is 429 g/mol. The largest absolute Gasteiger partial charge is 0.469 e. The van der Waals surface area contributed by atoms with Crippen LogP contribution in [0.1, 0.15) is 79.1 Å². The number of aliphatic hydroxyl groups excluding tert-OH is 1. The van der Waals surface area contributed by atoms with Gasteiger partial charge < -0.3 is 14.3 Å². The molecular weight excluding hydrogens is 384 g/mol. The topological polar surface area (TPSA) is 72.8 Å². The van der Waals surface area contributed by atoms with E-state index in [1.54, 1.807) is 0 Å². The number of esters is 1. The Morgan fingerprint density at radius 2 is 1.83 bits per heavy atom. The van der Waals surface area contributed by atoms with Gasteiger partial charge in [-0.3, -0.25) is 9.59 Å². The zero-order valence-corrected chi connectivity index (χ0v) is 20.9. The highest BCUT2D eigenvalue weighted by atomic mass is 28.3. The van der Waals surface area contributed by atoms with Crippen molar-refractivity contribution in [2.45, 2.75) is 104 Å². The zero-order valence-electron chi connectivity index (χ0n) is 19.7.